The molecule has 1 N–H and O–H groups in total. The molecular weight excluding hydrogens is 295 g/mol. The van der Waals surface area contributed by atoms with Crippen LogP contribution in [0.15, 0.2) is 29.6 Å². The summed E-state index contributed by atoms with van der Waals surface area (Å²) in [5.41, 5.74) is 1.07. The summed E-state index contributed by atoms with van der Waals surface area (Å²) in [6.45, 7) is 0. The molecule has 2 rings (SSSR count). The van der Waals surface area contributed by atoms with Gasteiger partial charge in [0.15, 0.2) is 17.7 Å². The Balaban J connectivity index is 2.52. The second-order valence-corrected chi connectivity index (χ2v) is 4.88. The van der Waals surface area contributed by atoms with Gasteiger partial charge < -0.3 is 9.84 Å². The molecule has 0 aliphatic rings. The van der Waals surface area contributed by atoms with Gasteiger partial charge in [0.2, 0.25) is 0 Å². The first-order valence-corrected chi connectivity index (χ1v) is 7.20. The molecule has 0 radical (unpaired) electrons. The Kier molecular flexibility index (Phi) is 5.00. The highest BCUT2D eigenvalue weighted by atomic mass is 32.2. The van der Waals surface area contributed by atoms with E-state index in [0.717, 1.165) is 0 Å². The van der Waals surface area contributed by atoms with Gasteiger partial charge in [-0.2, -0.15) is 0 Å². The van der Waals surface area contributed by atoms with E-state index in [1.807, 2.05) is 0 Å². The third-order valence-electron chi connectivity index (χ3n) is 2.87. The van der Waals surface area contributed by atoms with Crippen molar-refractivity contribution in [2.45, 2.75) is 11.4 Å². The number of hydrogen-bond donors (Lipinski definition) is 1. The first-order chi connectivity index (χ1) is 10.1. The van der Waals surface area contributed by atoms with E-state index < -0.39 is 12.1 Å². The van der Waals surface area contributed by atoms with E-state index in [2.05, 4.69) is 14.7 Å². The zero-order chi connectivity index (χ0) is 15.4. The Morgan fingerprint density at radius 3 is 2.81 bits per heavy atom. The van der Waals surface area contributed by atoms with Crippen LogP contribution in [0, 0.1) is 5.82 Å². The summed E-state index contributed by atoms with van der Waals surface area (Å²) in [5, 5.41) is 9.99. The first kappa shape index (κ1) is 15.6. The van der Waals surface area contributed by atoms with Gasteiger partial charge in [0.1, 0.15) is 5.82 Å². The van der Waals surface area contributed by atoms with Crippen LogP contribution in [0.5, 0.6) is 0 Å². The monoisotopic (exact) mass is 308 g/mol. The zero-order valence-electron chi connectivity index (χ0n) is 11.4. The number of benzene rings is 1. The molecule has 0 saturated carbocycles. The predicted octanol–water partition coefficient (Wildman–Crippen LogP) is 2.45. The van der Waals surface area contributed by atoms with Gasteiger partial charge in [-0.3, -0.25) is 4.79 Å². The maximum absolute atomic E-state index is 14.0. The van der Waals surface area contributed by atoms with Crippen molar-refractivity contribution in [2.24, 2.45) is 0 Å². The number of ether oxygens (including phenoxy) is 1. The molecule has 0 aliphatic carbocycles. The highest BCUT2D eigenvalue weighted by molar-refractivity contribution is 7.98. The van der Waals surface area contributed by atoms with Crippen LogP contribution in [0.2, 0.25) is 0 Å². The molecule has 0 bridgehead atoms. The summed E-state index contributed by atoms with van der Waals surface area (Å²) in [5.74, 6) is -0.636. The number of aldehydes is 1. The maximum atomic E-state index is 14.0. The Bertz CT molecular complexity index is 667. The summed E-state index contributed by atoms with van der Waals surface area (Å²) in [6, 6.07) is 4.17. The predicted molar refractivity (Wildman–Crippen MR) is 76.6 cm³/mol. The van der Waals surface area contributed by atoms with Crippen molar-refractivity contribution in [3.8, 4) is 11.3 Å². The van der Waals surface area contributed by atoms with Crippen LogP contribution in [0.1, 0.15) is 22.2 Å². The van der Waals surface area contributed by atoms with Crippen LogP contribution < -0.4 is 0 Å². The molecule has 21 heavy (non-hydrogen) atoms. The largest absolute Gasteiger partial charge is 0.364 e. The Hall–Kier alpha value is -1.83. The molecule has 7 heteroatoms. The second kappa shape index (κ2) is 6.75. The van der Waals surface area contributed by atoms with Crippen LogP contribution in [-0.2, 0) is 4.74 Å². The van der Waals surface area contributed by atoms with Crippen LogP contribution in [0.25, 0.3) is 11.3 Å². The van der Waals surface area contributed by atoms with E-state index in [0.29, 0.717) is 22.7 Å². The van der Waals surface area contributed by atoms with Crippen LogP contribution >= 0.6 is 11.8 Å². The van der Waals surface area contributed by atoms with E-state index in [1.165, 1.54) is 37.2 Å². The van der Waals surface area contributed by atoms with Crippen molar-refractivity contribution >= 4 is 18.0 Å². The number of carbonyl (C=O) groups excluding carboxylic acids is 1. The number of hydrogen-bond acceptors (Lipinski definition) is 6. The molecule has 0 amide bonds. The number of rotatable bonds is 5. The Labute approximate surface area is 125 Å². The smallest absolute Gasteiger partial charge is 0.187 e. The van der Waals surface area contributed by atoms with Crippen molar-refractivity contribution < 1.29 is 19.0 Å². The number of thioether (sulfide) groups is 1. The minimum Gasteiger partial charge on any atom is -0.364 e. The van der Waals surface area contributed by atoms with Crippen LogP contribution in [0.4, 0.5) is 4.39 Å². The van der Waals surface area contributed by atoms with E-state index in [1.54, 1.807) is 12.3 Å². The average Bonchev–Trinajstić information content (AvgIpc) is 2.53. The molecule has 0 saturated heterocycles. The first-order valence-electron chi connectivity index (χ1n) is 5.97. The van der Waals surface area contributed by atoms with Gasteiger partial charge in [0, 0.05) is 24.4 Å². The van der Waals surface area contributed by atoms with Gasteiger partial charge in [-0.1, -0.05) is 23.9 Å². The van der Waals surface area contributed by atoms with Crippen LogP contribution in [0.3, 0.4) is 0 Å². The van der Waals surface area contributed by atoms with Gasteiger partial charge in [0.05, 0.1) is 11.3 Å². The molecule has 1 aromatic carbocycles. The van der Waals surface area contributed by atoms with E-state index >= 15 is 0 Å². The van der Waals surface area contributed by atoms with Crippen LogP contribution in [-0.4, -0.2) is 34.7 Å². The highest BCUT2D eigenvalue weighted by Crippen LogP contribution is 2.26. The molecule has 1 heterocycles. The molecule has 1 atom stereocenters. The zero-order valence-corrected chi connectivity index (χ0v) is 12.2. The molecule has 0 aliphatic heterocycles. The minimum absolute atomic E-state index is 0.0213. The standard InChI is InChI=1S/C14H13FN2O3S/c1-20-13(19)10-4-3-8(5-11(10)15)12-9(7-18)6-16-14(17-12)21-2/h3-7,13,19H,1-2H3. The fraction of sp³-hybridized carbons (Fsp3) is 0.214. The van der Waals surface area contributed by atoms with E-state index in [9.17, 15) is 14.3 Å². The lowest BCUT2D eigenvalue weighted by Crippen LogP contribution is -2.03. The number of nitrogens with zero attached hydrogens (tertiary/aromatic N) is 2. The maximum Gasteiger partial charge on any atom is 0.187 e. The lowest BCUT2D eigenvalue weighted by molar-refractivity contribution is -0.0790. The van der Waals surface area contributed by atoms with Gasteiger partial charge in [-0.15, -0.1) is 0 Å². The lowest BCUT2D eigenvalue weighted by Gasteiger charge is -2.11. The number of halogens is 1. The Morgan fingerprint density at radius 1 is 1.48 bits per heavy atom. The number of methoxy groups -OCH3 is 1. The molecule has 1 unspecified atom stereocenters. The molecule has 5 nitrogen and oxygen atoms in total. The summed E-state index contributed by atoms with van der Waals surface area (Å²) >= 11 is 1.32. The molecule has 110 valence electrons. The fourth-order valence-electron chi connectivity index (χ4n) is 1.79. The second-order valence-electron chi connectivity index (χ2n) is 4.10. The molecule has 1 aromatic heterocycles. The van der Waals surface area contributed by atoms with Crippen molar-refractivity contribution in [2.75, 3.05) is 13.4 Å². The van der Waals surface area contributed by atoms with Gasteiger partial charge in [0.25, 0.3) is 0 Å². The number of aromatic nitrogens is 2. The van der Waals surface area contributed by atoms with Gasteiger partial charge in [-0.25, -0.2) is 14.4 Å². The quantitative estimate of drug-likeness (QED) is 0.396. The highest BCUT2D eigenvalue weighted by Gasteiger charge is 2.15. The third kappa shape index (κ3) is 3.26. The summed E-state index contributed by atoms with van der Waals surface area (Å²) < 4.78 is 18.7. The minimum atomic E-state index is -1.34. The van der Waals surface area contributed by atoms with E-state index in [-0.39, 0.29) is 11.1 Å². The van der Waals surface area contributed by atoms with Crippen molar-refractivity contribution in [3.05, 3.63) is 41.3 Å². The SMILES string of the molecule is COC(O)c1ccc(-c2nc(SC)ncc2C=O)cc1F. The summed E-state index contributed by atoms with van der Waals surface area (Å²) in [6.07, 6.45) is 2.49. The topological polar surface area (TPSA) is 72.3 Å². The van der Waals surface area contributed by atoms with Crippen molar-refractivity contribution in [1.82, 2.24) is 9.97 Å². The molecular formula is C14H13FN2O3S. The number of aliphatic hydroxyl groups excluding tert-OH is 1. The molecule has 2 aromatic rings. The number of carbonyl (C=O) groups is 1. The normalized spacial score (nSPS) is 12.2. The summed E-state index contributed by atoms with van der Waals surface area (Å²) in [4.78, 5) is 19.3. The summed E-state index contributed by atoms with van der Waals surface area (Å²) in [7, 11) is 1.28. The van der Waals surface area contributed by atoms with Crippen molar-refractivity contribution in [3.63, 3.8) is 0 Å². The van der Waals surface area contributed by atoms with Gasteiger partial charge >= 0.3 is 0 Å². The van der Waals surface area contributed by atoms with E-state index in [4.69, 9.17) is 0 Å². The lowest BCUT2D eigenvalue weighted by atomic mass is 10.0. The van der Waals surface area contributed by atoms with Gasteiger partial charge in [-0.05, 0) is 12.3 Å². The number of aliphatic hydroxyl groups is 1. The van der Waals surface area contributed by atoms with Crippen molar-refractivity contribution in [1.29, 1.82) is 0 Å². The fourth-order valence-corrected chi connectivity index (χ4v) is 2.13. The molecule has 0 fully saturated rings. The molecule has 0 spiro atoms. The average molecular weight is 308 g/mol. The third-order valence-corrected chi connectivity index (χ3v) is 3.43. The Morgan fingerprint density at radius 2 is 2.24 bits per heavy atom.